The fraction of sp³-hybridized carbons (Fsp3) is 0.304. The molecule has 1 aromatic heterocycles. The summed E-state index contributed by atoms with van der Waals surface area (Å²) in [6.07, 6.45) is -9.12. The van der Waals surface area contributed by atoms with Gasteiger partial charge in [-0.25, -0.2) is 4.79 Å². The molecule has 3 aromatic rings. The van der Waals surface area contributed by atoms with E-state index in [4.69, 9.17) is 23.4 Å². The van der Waals surface area contributed by atoms with E-state index in [1.807, 2.05) is 6.07 Å². The number of aliphatic hydroxyl groups excluding tert-OH is 3. The lowest BCUT2D eigenvalue weighted by molar-refractivity contribution is -0.271. The van der Waals surface area contributed by atoms with Gasteiger partial charge in [-0.1, -0.05) is 30.3 Å². The van der Waals surface area contributed by atoms with Crippen molar-refractivity contribution in [3.63, 3.8) is 0 Å². The SMILES string of the molecule is COc1c(O[C@@H]2OC(C(=O)O)[C@@H](O)[C@H](O)C2O)cc(OC)c2c(=O)cc(-c3ccccc3)oc12. The smallest absolute Gasteiger partial charge is 0.335 e. The zero-order chi connectivity index (χ0) is 24.6. The molecular formula is C23H22O11. The third-order valence-electron chi connectivity index (χ3n) is 5.42. The second-order valence-electron chi connectivity index (χ2n) is 7.51. The van der Waals surface area contributed by atoms with Crippen LogP contribution < -0.4 is 19.6 Å². The number of rotatable bonds is 6. The molecule has 1 aliphatic rings. The molecule has 4 rings (SSSR count). The fourth-order valence-electron chi connectivity index (χ4n) is 3.72. The molecule has 4 N–H and O–H groups in total. The minimum absolute atomic E-state index is 0.0242. The largest absolute Gasteiger partial charge is 0.496 e. The number of carboxylic acid groups (broad SMARTS) is 1. The van der Waals surface area contributed by atoms with Crippen LogP contribution in [-0.4, -0.2) is 71.3 Å². The molecule has 34 heavy (non-hydrogen) atoms. The third kappa shape index (κ3) is 4.05. The molecule has 0 amide bonds. The van der Waals surface area contributed by atoms with E-state index in [1.54, 1.807) is 24.3 Å². The van der Waals surface area contributed by atoms with Crippen LogP contribution in [0.5, 0.6) is 17.2 Å². The predicted molar refractivity (Wildman–Crippen MR) is 116 cm³/mol. The number of benzene rings is 2. The molecule has 2 heterocycles. The van der Waals surface area contributed by atoms with Gasteiger partial charge in [0.2, 0.25) is 12.0 Å². The van der Waals surface area contributed by atoms with E-state index in [0.29, 0.717) is 5.56 Å². The van der Waals surface area contributed by atoms with E-state index >= 15 is 0 Å². The van der Waals surface area contributed by atoms with Gasteiger partial charge in [-0.2, -0.15) is 0 Å². The summed E-state index contributed by atoms with van der Waals surface area (Å²) < 4.78 is 27.6. The normalized spacial score (nSPS) is 24.6. The van der Waals surface area contributed by atoms with Crippen molar-refractivity contribution in [2.45, 2.75) is 30.7 Å². The number of ether oxygens (including phenoxy) is 4. The van der Waals surface area contributed by atoms with Crippen LogP contribution in [0.3, 0.4) is 0 Å². The summed E-state index contributed by atoms with van der Waals surface area (Å²) in [4.78, 5) is 24.3. The molecule has 180 valence electrons. The van der Waals surface area contributed by atoms with Crippen molar-refractivity contribution >= 4 is 16.9 Å². The maximum absolute atomic E-state index is 12.9. The average molecular weight is 474 g/mol. The first-order valence-corrected chi connectivity index (χ1v) is 10.1. The number of carbonyl (C=O) groups is 1. The van der Waals surface area contributed by atoms with Gasteiger partial charge in [0, 0.05) is 17.7 Å². The van der Waals surface area contributed by atoms with Crippen LogP contribution in [0.15, 0.2) is 51.7 Å². The first-order valence-electron chi connectivity index (χ1n) is 10.1. The van der Waals surface area contributed by atoms with Gasteiger partial charge in [0.25, 0.3) is 0 Å². The number of hydrogen-bond donors (Lipinski definition) is 4. The van der Waals surface area contributed by atoms with Crippen molar-refractivity contribution in [3.8, 4) is 28.6 Å². The molecule has 11 nitrogen and oxygen atoms in total. The number of aliphatic carboxylic acids is 1. The topological polar surface area (TPSA) is 165 Å². The van der Waals surface area contributed by atoms with E-state index < -0.39 is 42.1 Å². The van der Waals surface area contributed by atoms with E-state index in [0.717, 1.165) is 0 Å². The van der Waals surface area contributed by atoms with Gasteiger partial charge in [0.15, 0.2) is 22.9 Å². The molecule has 1 aliphatic heterocycles. The van der Waals surface area contributed by atoms with Gasteiger partial charge in [-0.15, -0.1) is 0 Å². The number of hydrogen-bond acceptors (Lipinski definition) is 10. The molecule has 2 unspecified atom stereocenters. The highest BCUT2D eigenvalue weighted by Crippen LogP contribution is 2.42. The van der Waals surface area contributed by atoms with Crippen molar-refractivity contribution in [1.82, 2.24) is 0 Å². The molecule has 0 bridgehead atoms. The van der Waals surface area contributed by atoms with Crippen molar-refractivity contribution < 1.29 is 48.6 Å². The van der Waals surface area contributed by atoms with Crippen molar-refractivity contribution in [2.24, 2.45) is 0 Å². The highest BCUT2D eigenvalue weighted by molar-refractivity contribution is 5.92. The molecule has 0 radical (unpaired) electrons. The van der Waals surface area contributed by atoms with Crippen LogP contribution >= 0.6 is 0 Å². The van der Waals surface area contributed by atoms with Crippen LogP contribution in [0, 0.1) is 0 Å². The predicted octanol–water partition coefficient (Wildman–Crippen LogP) is 0.748. The lowest BCUT2D eigenvalue weighted by Crippen LogP contribution is -2.61. The number of carboxylic acids is 1. The molecule has 0 spiro atoms. The first kappa shape index (κ1) is 23.5. The highest BCUT2D eigenvalue weighted by atomic mass is 16.7. The van der Waals surface area contributed by atoms with E-state index in [9.17, 15) is 30.0 Å². The number of aliphatic hydroxyl groups is 3. The Balaban J connectivity index is 1.84. The van der Waals surface area contributed by atoms with Crippen molar-refractivity contribution in [1.29, 1.82) is 0 Å². The van der Waals surface area contributed by atoms with E-state index in [2.05, 4.69) is 0 Å². The summed E-state index contributed by atoms with van der Waals surface area (Å²) in [7, 11) is 2.61. The Hall–Kier alpha value is -3.64. The summed E-state index contributed by atoms with van der Waals surface area (Å²) in [6, 6.07) is 11.4. The summed E-state index contributed by atoms with van der Waals surface area (Å²) in [5, 5.41) is 39.6. The van der Waals surface area contributed by atoms with Crippen molar-refractivity contribution in [3.05, 3.63) is 52.7 Å². The Morgan fingerprint density at radius 3 is 2.26 bits per heavy atom. The Labute approximate surface area is 192 Å². The minimum Gasteiger partial charge on any atom is -0.496 e. The molecule has 0 saturated carbocycles. The molecule has 2 aromatic carbocycles. The fourth-order valence-corrected chi connectivity index (χ4v) is 3.72. The van der Waals surface area contributed by atoms with Crippen LogP contribution in [0.25, 0.3) is 22.3 Å². The number of fused-ring (bicyclic) bond motifs is 1. The van der Waals surface area contributed by atoms with Gasteiger partial charge >= 0.3 is 5.97 Å². The Kier molecular flexibility index (Phi) is 6.44. The second kappa shape index (κ2) is 9.31. The first-order chi connectivity index (χ1) is 16.3. The zero-order valence-electron chi connectivity index (χ0n) is 18.1. The average Bonchev–Trinajstić information content (AvgIpc) is 2.83. The van der Waals surface area contributed by atoms with Gasteiger partial charge < -0.3 is 43.8 Å². The Bertz CT molecular complexity index is 1250. The molecule has 1 fully saturated rings. The molecule has 11 heteroatoms. The van der Waals surface area contributed by atoms with Gasteiger partial charge in [0.1, 0.15) is 35.2 Å². The molecule has 5 atom stereocenters. The van der Waals surface area contributed by atoms with Crippen LogP contribution in [-0.2, 0) is 9.53 Å². The Morgan fingerprint density at radius 2 is 1.65 bits per heavy atom. The monoisotopic (exact) mass is 474 g/mol. The van der Waals surface area contributed by atoms with Crippen molar-refractivity contribution in [2.75, 3.05) is 14.2 Å². The van der Waals surface area contributed by atoms with Gasteiger partial charge in [-0.05, 0) is 0 Å². The third-order valence-corrected chi connectivity index (χ3v) is 5.42. The summed E-state index contributed by atoms with van der Waals surface area (Å²) in [6.45, 7) is 0. The number of methoxy groups -OCH3 is 2. The van der Waals surface area contributed by atoms with E-state index in [1.165, 1.54) is 26.4 Å². The second-order valence-corrected chi connectivity index (χ2v) is 7.51. The van der Waals surface area contributed by atoms with Crippen LogP contribution in [0.1, 0.15) is 0 Å². The lowest BCUT2D eigenvalue weighted by Gasteiger charge is -2.38. The Morgan fingerprint density at radius 1 is 0.941 bits per heavy atom. The quantitative estimate of drug-likeness (QED) is 0.398. The molecular weight excluding hydrogens is 452 g/mol. The molecule has 0 aliphatic carbocycles. The lowest BCUT2D eigenvalue weighted by atomic mass is 9.99. The summed E-state index contributed by atoms with van der Waals surface area (Å²) in [5.41, 5.74) is 0.186. The maximum atomic E-state index is 12.9. The van der Waals surface area contributed by atoms with Crippen LogP contribution in [0.2, 0.25) is 0 Å². The summed E-state index contributed by atoms with van der Waals surface area (Å²) in [5.74, 6) is -1.45. The standard InChI is InChI=1S/C23H22O11/c1-30-13-9-14(33-23-18(27)16(25)17(26)21(34-23)22(28)29)19(31-2)20-15(13)11(24)8-12(32-20)10-6-4-3-5-7-10/h3-9,16-18,21,23,25-27H,1-2H3,(H,28,29)/t16-,17-,18?,21?,23+/m0/s1. The zero-order valence-corrected chi connectivity index (χ0v) is 18.1. The summed E-state index contributed by atoms with van der Waals surface area (Å²) >= 11 is 0. The van der Waals surface area contributed by atoms with E-state index in [-0.39, 0.29) is 34.0 Å². The van der Waals surface area contributed by atoms with Gasteiger partial charge in [0.05, 0.1) is 14.2 Å². The van der Waals surface area contributed by atoms with Crippen LogP contribution in [0.4, 0.5) is 0 Å². The maximum Gasteiger partial charge on any atom is 0.335 e. The van der Waals surface area contributed by atoms with Gasteiger partial charge in [-0.3, -0.25) is 4.79 Å². The minimum atomic E-state index is -1.88. The highest BCUT2D eigenvalue weighted by Gasteiger charge is 2.48. The molecule has 1 saturated heterocycles.